The average Bonchev–Trinajstić information content (AvgIpc) is 3.43. The van der Waals surface area contributed by atoms with Gasteiger partial charge in [0.25, 0.3) is 5.89 Å². The molecule has 4 aromatic rings. The van der Waals surface area contributed by atoms with E-state index in [1.807, 2.05) is 30.3 Å². The van der Waals surface area contributed by atoms with E-state index in [1.165, 1.54) is 16.2 Å². The third-order valence-corrected chi connectivity index (χ3v) is 6.39. The Balaban J connectivity index is 1.27. The van der Waals surface area contributed by atoms with Crippen LogP contribution in [0, 0.1) is 0 Å². The molecule has 0 radical (unpaired) electrons. The van der Waals surface area contributed by atoms with Crippen LogP contribution in [0.1, 0.15) is 10.7 Å². The molecule has 1 N–H and O–H groups in total. The van der Waals surface area contributed by atoms with Crippen molar-refractivity contribution in [1.82, 2.24) is 20.3 Å². The van der Waals surface area contributed by atoms with Gasteiger partial charge in [0.05, 0.1) is 5.75 Å². The van der Waals surface area contributed by atoms with Crippen molar-refractivity contribution in [1.29, 1.82) is 0 Å². The molecule has 0 aliphatic carbocycles. The summed E-state index contributed by atoms with van der Waals surface area (Å²) < 4.78 is 6.20. The number of nitrogens with zero attached hydrogens (tertiary/aromatic N) is 4. The van der Waals surface area contributed by atoms with Crippen LogP contribution in [0.4, 0.5) is 5.13 Å². The highest BCUT2D eigenvalue weighted by Gasteiger charge is 2.11. The third kappa shape index (κ3) is 4.48. The quantitative estimate of drug-likeness (QED) is 0.432. The Morgan fingerprint density at radius 3 is 2.85 bits per heavy atom. The van der Waals surface area contributed by atoms with Crippen LogP contribution in [-0.4, -0.2) is 26.9 Å². The number of hydrogen-bond donors (Lipinski definition) is 1. The van der Waals surface area contributed by atoms with Crippen LogP contribution in [0.5, 0.6) is 0 Å². The summed E-state index contributed by atoms with van der Waals surface area (Å²) in [6.07, 6.45) is 0.991. The lowest BCUT2D eigenvalue weighted by Crippen LogP contribution is -2.03. The van der Waals surface area contributed by atoms with Crippen molar-refractivity contribution >= 4 is 39.6 Å². The molecule has 0 bridgehead atoms. The molecular formula is C17H15N5OS3. The summed E-state index contributed by atoms with van der Waals surface area (Å²) in [5.41, 5.74) is 0.921. The van der Waals surface area contributed by atoms with Crippen molar-refractivity contribution in [2.24, 2.45) is 0 Å². The maximum Gasteiger partial charge on any atom is 0.257 e. The van der Waals surface area contributed by atoms with Gasteiger partial charge < -0.3 is 9.84 Å². The lowest BCUT2D eigenvalue weighted by atomic mass is 10.2. The maximum atomic E-state index is 5.31. The molecule has 0 aliphatic rings. The Kier molecular flexibility index (Phi) is 5.58. The second kappa shape index (κ2) is 8.43. The highest BCUT2D eigenvalue weighted by atomic mass is 32.2. The first-order valence-corrected chi connectivity index (χ1v) is 10.7. The molecule has 0 unspecified atom stereocenters. The topological polar surface area (TPSA) is 76.7 Å². The molecule has 4 rings (SSSR count). The Morgan fingerprint density at radius 1 is 1.08 bits per heavy atom. The summed E-state index contributed by atoms with van der Waals surface area (Å²) in [4.78, 5) is 5.79. The van der Waals surface area contributed by atoms with E-state index < -0.39 is 0 Å². The number of thiophene rings is 1. The summed E-state index contributed by atoms with van der Waals surface area (Å²) in [6.45, 7) is 0.852. The third-order valence-electron chi connectivity index (χ3n) is 3.45. The van der Waals surface area contributed by atoms with Crippen LogP contribution < -0.4 is 5.32 Å². The number of rotatable bonds is 8. The van der Waals surface area contributed by atoms with Crippen molar-refractivity contribution in [2.75, 3.05) is 11.9 Å². The van der Waals surface area contributed by atoms with Gasteiger partial charge >= 0.3 is 0 Å². The molecule has 0 saturated heterocycles. The van der Waals surface area contributed by atoms with Crippen LogP contribution in [0.25, 0.3) is 11.5 Å². The SMILES string of the molecule is c1ccc(-c2nc(CSc3nnc(NCCc4cccs4)s3)no2)cc1. The average molecular weight is 402 g/mol. The zero-order valence-corrected chi connectivity index (χ0v) is 16.1. The van der Waals surface area contributed by atoms with Crippen LogP contribution in [0.3, 0.4) is 0 Å². The molecule has 9 heteroatoms. The molecule has 3 aromatic heterocycles. The zero-order chi connectivity index (χ0) is 17.6. The zero-order valence-electron chi connectivity index (χ0n) is 13.7. The molecule has 0 fully saturated rings. The normalized spacial score (nSPS) is 10.9. The van der Waals surface area contributed by atoms with Crippen LogP contribution in [0.15, 0.2) is 56.7 Å². The highest BCUT2D eigenvalue weighted by Crippen LogP contribution is 2.28. The van der Waals surface area contributed by atoms with E-state index in [1.54, 1.807) is 23.1 Å². The molecule has 6 nitrogen and oxygen atoms in total. The summed E-state index contributed by atoms with van der Waals surface area (Å²) in [7, 11) is 0. The summed E-state index contributed by atoms with van der Waals surface area (Å²) in [5, 5.41) is 18.6. The van der Waals surface area contributed by atoms with E-state index in [4.69, 9.17) is 4.52 Å². The van der Waals surface area contributed by atoms with Crippen molar-refractivity contribution in [2.45, 2.75) is 16.5 Å². The van der Waals surface area contributed by atoms with Gasteiger partial charge in [-0.2, -0.15) is 4.98 Å². The second-order valence-corrected chi connectivity index (χ2v) is 8.53. The largest absolute Gasteiger partial charge is 0.360 e. The Labute approximate surface area is 162 Å². The van der Waals surface area contributed by atoms with E-state index in [0.29, 0.717) is 17.5 Å². The molecule has 0 amide bonds. The van der Waals surface area contributed by atoms with Gasteiger partial charge in [0.2, 0.25) is 5.13 Å². The van der Waals surface area contributed by atoms with Gasteiger partial charge in [0, 0.05) is 17.0 Å². The van der Waals surface area contributed by atoms with Gasteiger partial charge in [-0.15, -0.1) is 21.5 Å². The van der Waals surface area contributed by atoms with E-state index in [9.17, 15) is 0 Å². The fourth-order valence-electron chi connectivity index (χ4n) is 2.22. The highest BCUT2D eigenvalue weighted by molar-refractivity contribution is 8.00. The Hall–Kier alpha value is -2.23. The number of benzene rings is 1. The van der Waals surface area contributed by atoms with E-state index in [-0.39, 0.29) is 0 Å². The van der Waals surface area contributed by atoms with E-state index >= 15 is 0 Å². The first-order valence-electron chi connectivity index (χ1n) is 7.97. The Morgan fingerprint density at radius 2 is 2.00 bits per heavy atom. The molecular weight excluding hydrogens is 386 g/mol. The van der Waals surface area contributed by atoms with E-state index in [2.05, 4.69) is 43.2 Å². The first kappa shape index (κ1) is 17.2. The van der Waals surface area contributed by atoms with Crippen LogP contribution in [0.2, 0.25) is 0 Å². The molecule has 0 aliphatic heterocycles. The minimum atomic E-state index is 0.536. The summed E-state index contributed by atoms with van der Waals surface area (Å²) in [5.74, 6) is 1.78. The second-order valence-electron chi connectivity index (χ2n) is 5.30. The number of thioether (sulfide) groups is 1. The fraction of sp³-hybridized carbons (Fsp3) is 0.176. The van der Waals surface area contributed by atoms with Crippen molar-refractivity contribution < 1.29 is 4.52 Å². The lowest BCUT2D eigenvalue weighted by Gasteiger charge is -1.98. The standard InChI is InChI=1S/C17H15N5OS3/c1-2-5-12(6-3-1)15-19-14(22-23-15)11-25-17-21-20-16(26-17)18-9-8-13-7-4-10-24-13/h1-7,10H,8-9,11H2,(H,18,20). The fourth-order valence-corrected chi connectivity index (χ4v) is 4.55. The smallest absolute Gasteiger partial charge is 0.257 e. The van der Waals surface area contributed by atoms with Gasteiger partial charge in [0.1, 0.15) is 0 Å². The minimum Gasteiger partial charge on any atom is -0.360 e. The number of hydrogen-bond acceptors (Lipinski definition) is 9. The van der Waals surface area contributed by atoms with Gasteiger partial charge in [-0.1, -0.05) is 52.5 Å². The number of anilines is 1. The maximum absolute atomic E-state index is 5.31. The predicted molar refractivity (Wildman–Crippen MR) is 106 cm³/mol. The summed E-state index contributed by atoms with van der Waals surface area (Å²) >= 11 is 4.87. The number of nitrogens with one attached hydrogen (secondary N) is 1. The first-order chi connectivity index (χ1) is 12.9. The molecule has 1 aromatic carbocycles. The Bertz CT molecular complexity index is 936. The van der Waals surface area contributed by atoms with Crippen LogP contribution in [-0.2, 0) is 12.2 Å². The van der Waals surface area contributed by atoms with Gasteiger partial charge in [-0.05, 0) is 30.0 Å². The van der Waals surface area contributed by atoms with Crippen molar-refractivity contribution in [3.63, 3.8) is 0 Å². The van der Waals surface area contributed by atoms with Gasteiger partial charge in [-0.3, -0.25) is 0 Å². The molecule has 0 atom stereocenters. The number of aromatic nitrogens is 4. The molecule has 0 saturated carbocycles. The van der Waals surface area contributed by atoms with Gasteiger partial charge in [0.15, 0.2) is 10.2 Å². The predicted octanol–water partition coefficient (Wildman–Crippen LogP) is 4.60. The molecule has 132 valence electrons. The minimum absolute atomic E-state index is 0.536. The van der Waals surface area contributed by atoms with E-state index in [0.717, 1.165) is 28.0 Å². The lowest BCUT2D eigenvalue weighted by molar-refractivity contribution is 0.425. The molecule has 3 heterocycles. The van der Waals surface area contributed by atoms with Crippen LogP contribution >= 0.6 is 34.4 Å². The molecule has 26 heavy (non-hydrogen) atoms. The van der Waals surface area contributed by atoms with Crippen molar-refractivity contribution in [3.05, 3.63) is 58.5 Å². The molecule has 0 spiro atoms. The van der Waals surface area contributed by atoms with Crippen molar-refractivity contribution in [3.8, 4) is 11.5 Å². The summed E-state index contributed by atoms with van der Waals surface area (Å²) in [6, 6.07) is 14.0. The van der Waals surface area contributed by atoms with Gasteiger partial charge in [-0.25, -0.2) is 0 Å². The monoisotopic (exact) mass is 401 g/mol.